The van der Waals surface area contributed by atoms with Gasteiger partial charge in [-0.05, 0) is 31.5 Å². The van der Waals surface area contributed by atoms with Crippen LogP contribution < -0.4 is 10.5 Å². The van der Waals surface area contributed by atoms with Crippen molar-refractivity contribution in [3.8, 4) is 5.75 Å². The Bertz CT molecular complexity index is 289. The fourth-order valence-corrected chi connectivity index (χ4v) is 1.38. The Morgan fingerprint density at radius 3 is 2.73 bits per heavy atom. The molecule has 3 nitrogen and oxygen atoms in total. The lowest BCUT2D eigenvalue weighted by Gasteiger charge is -2.15. The SMILES string of the molecule is Cc1ccccc1OCC(CN)CCO. The Hall–Kier alpha value is -1.06. The van der Waals surface area contributed by atoms with Gasteiger partial charge in [0.25, 0.3) is 0 Å². The van der Waals surface area contributed by atoms with Crippen molar-refractivity contribution in [3.05, 3.63) is 29.8 Å². The van der Waals surface area contributed by atoms with E-state index in [9.17, 15) is 0 Å². The monoisotopic (exact) mass is 209 g/mol. The zero-order valence-corrected chi connectivity index (χ0v) is 9.15. The molecule has 15 heavy (non-hydrogen) atoms. The molecule has 1 aromatic carbocycles. The van der Waals surface area contributed by atoms with Crippen LogP contribution in [0.3, 0.4) is 0 Å². The van der Waals surface area contributed by atoms with E-state index in [0.717, 1.165) is 11.3 Å². The van der Waals surface area contributed by atoms with Gasteiger partial charge in [0.15, 0.2) is 0 Å². The summed E-state index contributed by atoms with van der Waals surface area (Å²) in [6.45, 7) is 3.30. The second-order valence-corrected chi connectivity index (χ2v) is 3.69. The molecule has 0 heterocycles. The lowest BCUT2D eigenvalue weighted by molar-refractivity contribution is 0.201. The molecule has 0 spiro atoms. The van der Waals surface area contributed by atoms with E-state index in [-0.39, 0.29) is 12.5 Å². The molecule has 1 atom stereocenters. The summed E-state index contributed by atoms with van der Waals surface area (Å²) in [7, 11) is 0. The fraction of sp³-hybridized carbons (Fsp3) is 0.500. The van der Waals surface area contributed by atoms with E-state index in [0.29, 0.717) is 19.6 Å². The highest BCUT2D eigenvalue weighted by molar-refractivity contribution is 5.31. The summed E-state index contributed by atoms with van der Waals surface area (Å²) in [5.74, 6) is 1.13. The highest BCUT2D eigenvalue weighted by Crippen LogP contribution is 2.17. The molecular weight excluding hydrogens is 190 g/mol. The number of nitrogens with two attached hydrogens (primary N) is 1. The van der Waals surface area contributed by atoms with Crippen molar-refractivity contribution in [2.45, 2.75) is 13.3 Å². The quantitative estimate of drug-likeness (QED) is 0.743. The predicted molar refractivity (Wildman–Crippen MR) is 60.9 cm³/mol. The summed E-state index contributed by atoms with van der Waals surface area (Å²) in [5.41, 5.74) is 6.69. The minimum absolute atomic E-state index is 0.166. The average molecular weight is 209 g/mol. The molecule has 0 radical (unpaired) electrons. The second kappa shape index (κ2) is 6.43. The number of hydrogen-bond donors (Lipinski definition) is 2. The smallest absolute Gasteiger partial charge is 0.122 e. The maximum absolute atomic E-state index is 8.81. The largest absolute Gasteiger partial charge is 0.493 e. The summed E-state index contributed by atoms with van der Waals surface area (Å²) in [4.78, 5) is 0. The number of aliphatic hydroxyl groups is 1. The van der Waals surface area contributed by atoms with Crippen LogP contribution >= 0.6 is 0 Å². The van der Waals surface area contributed by atoms with E-state index in [1.165, 1.54) is 0 Å². The van der Waals surface area contributed by atoms with Crippen LogP contribution in [-0.4, -0.2) is 24.9 Å². The molecule has 0 bridgehead atoms. The van der Waals surface area contributed by atoms with Crippen molar-refractivity contribution < 1.29 is 9.84 Å². The molecular formula is C12H19NO2. The van der Waals surface area contributed by atoms with E-state index in [1.54, 1.807) is 0 Å². The molecule has 0 aliphatic rings. The summed E-state index contributed by atoms with van der Waals surface area (Å²) >= 11 is 0. The van der Waals surface area contributed by atoms with Crippen molar-refractivity contribution in [2.24, 2.45) is 11.7 Å². The summed E-state index contributed by atoms with van der Waals surface area (Å²) in [5, 5.41) is 8.81. The number of benzene rings is 1. The van der Waals surface area contributed by atoms with Crippen LogP contribution in [0.4, 0.5) is 0 Å². The first-order valence-corrected chi connectivity index (χ1v) is 5.27. The van der Waals surface area contributed by atoms with Gasteiger partial charge in [-0.1, -0.05) is 18.2 Å². The van der Waals surface area contributed by atoms with Gasteiger partial charge < -0.3 is 15.6 Å². The van der Waals surface area contributed by atoms with Gasteiger partial charge in [0.05, 0.1) is 6.61 Å². The first-order valence-electron chi connectivity index (χ1n) is 5.27. The Kier molecular flexibility index (Phi) is 5.15. The van der Waals surface area contributed by atoms with Gasteiger partial charge in [0.1, 0.15) is 5.75 Å². The Labute approximate surface area is 90.9 Å². The molecule has 0 aliphatic carbocycles. The summed E-state index contributed by atoms with van der Waals surface area (Å²) in [6, 6.07) is 7.89. The molecule has 3 heteroatoms. The van der Waals surface area contributed by atoms with Crippen molar-refractivity contribution in [1.82, 2.24) is 0 Å². The van der Waals surface area contributed by atoms with Gasteiger partial charge >= 0.3 is 0 Å². The molecule has 0 amide bonds. The van der Waals surface area contributed by atoms with Crippen LogP contribution in [0.5, 0.6) is 5.75 Å². The molecule has 0 fully saturated rings. The van der Waals surface area contributed by atoms with Gasteiger partial charge in [0, 0.05) is 12.5 Å². The lowest BCUT2D eigenvalue weighted by atomic mass is 10.1. The third kappa shape index (κ3) is 3.90. The molecule has 0 saturated heterocycles. The number of para-hydroxylation sites is 1. The van der Waals surface area contributed by atoms with E-state index in [1.807, 2.05) is 31.2 Å². The van der Waals surface area contributed by atoms with Crippen LogP contribution in [0.1, 0.15) is 12.0 Å². The molecule has 0 aliphatic heterocycles. The molecule has 1 unspecified atom stereocenters. The number of aliphatic hydroxyl groups excluding tert-OH is 1. The lowest BCUT2D eigenvalue weighted by Crippen LogP contribution is -2.22. The molecule has 0 aromatic heterocycles. The molecule has 1 rings (SSSR count). The molecule has 0 saturated carbocycles. The van der Waals surface area contributed by atoms with Crippen molar-refractivity contribution in [3.63, 3.8) is 0 Å². The average Bonchev–Trinajstić information content (AvgIpc) is 2.26. The maximum atomic E-state index is 8.81. The van der Waals surface area contributed by atoms with Gasteiger partial charge in [-0.2, -0.15) is 0 Å². The Morgan fingerprint density at radius 1 is 1.40 bits per heavy atom. The highest BCUT2D eigenvalue weighted by Gasteiger charge is 2.07. The highest BCUT2D eigenvalue weighted by atomic mass is 16.5. The normalized spacial score (nSPS) is 12.5. The third-order valence-corrected chi connectivity index (χ3v) is 2.44. The topological polar surface area (TPSA) is 55.5 Å². The van der Waals surface area contributed by atoms with Crippen LogP contribution in [-0.2, 0) is 0 Å². The molecule has 1 aromatic rings. The van der Waals surface area contributed by atoms with Gasteiger partial charge in [-0.15, -0.1) is 0 Å². The van der Waals surface area contributed by atoms with E-state index in [4.69, 9.17) is 15.6 Å². The van der Waals surface area contributed by atoms with Crippen LogP contribution in [0.2, 0.25) is 0 Å². The molecule has 3 N–H and O–H groups in total. The minimum Gasteiger partial charge on any atom is -0.493 e. The van der Waals surface area contributed by atoms with Crippen molar-refractivity contribution in [1.29, 1.82) is 0 Å². The Morgan fingerprint density at radius 2 is 2.13 bits per heavy atom. The van der Waals surface area contributed by atoms with E-state index < -0.39 is 0 Å². The van der Waals surface area contributed by atoms with E-state index in [2.05, 4.69) is 0 Å². The molecule has 84 valence electrons. The zero-order valence-electron chi connectivity index (χ0n) is 9.15. The fourth-order valence-electron chi connectivity index (χ4n) is 1.38. The number of aryl methyl sites for hydroxylation is 1. The first-order chi connectivity index (χ1) is 7.27. The predicted octanol–water partition coefficient (Wildman–Crippen LogP) is 1.33. The standard InChI is InChI=1S/C12H19NO2/c1-10-4-2-3-5-12(10)15-9-11(8-13)6-7-14/h2-5,11,14H,6-9,13H2,1H3. The second-order valence-electron chi connectivity index (χ2n) is 3.69. The van der Waals surface area contributed by atoms with Crippen molar-refractivity contribution in [2.75, 3.05) is 19.8 Å². The number of rotatable bonds is 6. The Balaban J connectivity index is 2.45. The third-order valence-electron chi connectivity index (χ3n) is 2.44. The van der Waals surface area contributed by atoms with Crippen molar-refractivity contribution >= 4 is 0 Å². The maximum Gasteiger partial charge on any atom is 0.122 e. The van der Waals surface area contributed by atoms with Crippen LogP contribution in [0.25, 0.3) is 0 Å². The van der Waals surface area contributed by atoms with E-state index >= 15 is 0 Å². The number of ether oxygens (including phenoxy) is 1. The van der Waals surface area contributed by atoms with Gasteiger partial charge in [-0.25, -0.2) is 0 Å². The van der Waals surface area contributed by atoms with Gasteiger partial charge in [-0.3, -0.25) is 0 Å². The summed E-state index contributed by atoms with van der Waals surface area (Å²) in [6.07, 6.45) is 0.697. The number of hydrogen-bond acceptors (Lipinski definition) is 3. The van der Waals surface area contributed by atoms with Crippen LogP contribution in [0, 0.1) is 12.8 Å². The zero-order chi connectivity index (χ0) is 11.1. The first kappa shape index (κ1) is 12.0. The minimum atomic E-state index is 0.166. The van der Waals surface area contributed by atoms with Crippen LogP contribution in [0.15, 0.2) is 24.3 Å². The summed E-state index contributed by atoms with van der Waals surface area (Å²) < 4.78 is 5.65. The van der Waals surface area contributed by atoms with Gasteiger partial charge in [0.2, 0.25) is 0 Å².